The van der Waals surface area contributed by atoms with Crippen LogP contribution >= 0.6 is 34.8 Å². The molecule has 0 amide bonds. The van der Waals surface area contributed by atoms with Crippen LogP contribution in [0.1, 0.15) is 0 Å². The minimum Gasteiger partial charge on any atom is -0.241 e. The third-order valence-corrected chi connectivity index (χ3v) is 3.61. The summed E-state index contributed by atoms with van der Waals surface area (Å²) < 4.78 is 8.10. The maximum absolute atomic E-state index is 4.05. The molecule has 0 aromatic rings. The lowest BCUT2D eigenvalue weighted by Gasteiger charge is -1.94. The fourth-order valence-electron chi connectivity index (χ4n) is 0.190. The first kappa shape index (κ1) is 7.09. The Balaban J connectivity index is 2.31. The fourth-order valence-corrected chi connectivity index (χ4v) is 3.41. The highest BCUT2D eigenvalue weighted by Gasteiger charge is 1.82. The van der Waals surface area contributed by atoms with Gasteiger partial charge in [0.25, 0.3) is 0 Å². The summed E-state index contributed by atoms with van der Waals surface area (Å²) in [7, 11) is 2.88. The summed E-state index contributed by atoms with van der Waals surface area (Å²) in [4.78, 5) is 6.03. The summed E-state index contributed by atoms with van der Waals surface area (Å²) in [6.07, 6.45) is 0. The summed E-state index contributed by atoms with van der Waals surface area (Å²) in [6.45, 7) is 0. The van der Waals surface area contributed by atoms with Crippen molar-refractivity contribution in [2.24, 2.45) is 9.03 Å². The van der Waals surface area contributed by atoms with Crippen molar-refractivity contribution < 1.29 is 0 Å². The first-order chi connectivity index (χ1) is 4.00. The molecule has 8 heavy (non-hydrogen) atoms. The van der Waals surface area contributed by atoms with Crippen molar-refractivity contribution in [2.45, 2.75) is 0 Å². The molecular formula is H4N4P4. The van der Waals surface area contributed by atoms with Crippen LogP contribution in [-0.4, -0.2) is 0 Å². The van der Waals surface area contributed by atoms with E-state index in [2.05, 4.69) is 18.7 Å². The maximum atomic E-state index is 4.05. The summed E-state index contributed by atoms with van der Waals surface area (Å²) in [5, 5.41) is 0. The number of hydrogen-bond acceptors (Lipinski definition) is 4. The van der Waals surface area contributed by atoms with Gasteiger partial charge in [0, 0.05) is 0 Å². The summed E-state index contributed by atoms with van der Waals surface area (Å²) in [5.74, 6) is 0. The highest BCUT2D eigenvalue weighted by atomic mass is 31.2. The molecule has 44 valence electrons. The van der Waals surface area contributed by atoms with E-state index in [1.807, 2.05) is 0 Å². The lowest BCUT2D eigenvalue weighted by molar-refractivity contribution is 1.60. The van der Waals surface area contributed by atoms with E-state index in [1.54, 1.807) is 0 Å². The molecule has 0 aliphatic carbocycles. The molecule has 1 aliphatic rings. The molecule has 0 bridgehead atoms. The summed E-state index contributed by atoms with van der Waals surface area (Å²) in [6, 6.07) is 0. The molecule has 4 nitrogen and oxygen atoms in total. The van der Waals surface area contributed by atoms with Crippen LogP contribution in [-0.2, 0) is 0 Å². The van der Waals surface area contributed by atoms with Crippen LogP contribution in [0, 0.1) is 0 Å². The van der Waals surface area contributed by atoms with Crippen LogP contribution in [0.5, 0.6) is 0 Å². The van der Waals surface area contributed by atoms with E-state index in [0.29, 0.717) is 17.8 Å². The third-order valence-electron chi connectivity index (χ3n) is 0.401. The minimum absolute atomic E-state index is 0.505. The molecule has 2 N–H and O–H groups in total. The topological polar surface area (TPSA) is 48.8 Å². The van der Waals surface area contributed by atoms with Gasteiger partial charge in [0.2, 0.25) is 0 Å². The number of hydrogen-bond donors (Lipinski definition) is 2. The molecule has 0 saturated carbocycles. The average Bonchev–Trinajstić information content (AvgIpc) is 1.62. The maximum Gasteiger partial charge on any atom is 0.105 e. The molecule has 0 saturated heterocycles. The van der Waals surface area contributed by atoms with Crippen LogP contribution in [0.25, 0.3) is 0 Å². The Morgan fingerprint density at radius 3 is 2.38 bits per heavy atom. The predicted molar refractivity (Wildman–Crippen MR) is 41.6 cm³/mol. The number of rotatable bonds is 0. The molecule has 0 spiro atoms. The van der Waals surface area contributed by atoms with Crippen LogP contribution < -0.4 is 9.72 Å². The quantitative estimate of drug-likeness (QED) is 0.567. The van der Waals surface area contributed by atoms with E-state index in [-0.39, 0.29) is 0 Å². The van der Waals surface area contributed by atoms with Crippen molar-refractivity contribution in [3.05, 3.63) is 0 Å². The Morgan fingerprint density at radius 1 is 1.12 bits per heavy atom. The van der Waals surface area contributed by atoms with E-state index < -0.39 is 0 Å². The van der Waals surface area contributed by atoms with Crippen molar-refractivity contribution in [3.63, 3.8) is 0 Å². The van der Waals surface area contributed by atoms with E-state index in [1.165, 1.54) is 0 Å². The van der Waals surface area contributed by atoms with Gasteiger partial charge in [-0.2, -0.15) is 4.86 Å². The molecule has 1 heterocycles. The van der Waals surface area contributed by atoms with Gasteiger partial charge in [-0.05, 0) is 0 Å². The number of nitrogens with one attached hydrogen (secondary N) is 2. The second kappa shape index (κ2) is 4.82. The minimum atomic E-state index is 0.505. The molecule has 0 fully saturated rings. The van der Waals surface area contributed by atoms with E-state index in [9.17, 15) is 0 Å². The first-order valence-corrected chi connectivity index (χ1v) is 5.38. The second-order valence-corrected chi connectivity index (χ2v) is 5.10. The molecule has 0 aromatic heterocycles. The van der Waals surface area contributed by atoms with Gasteiger partial charge >= 0.3 is 0 Å². The molecular weight excluding hydrogens is 180 g/mol. The van der Waals surface area contributed by atoms with Crippen LogP contribution in [0.2, 0.25) is 0 Å². The lowest BCUT2D eigenvalue weighted by Crippen LogP contribution is -1.78. The Bertz CT molecular complexity index is 94.6. The second-order valence-electron chi connectivity index (χ2n) is 0.849. The van der Waals surface area contributed by atoms with Crippen molar-refractivity contribution in [1.29, 1.82) is 0 Å². The van der Waals surface area contributed by atoms with Gasteiger partial charge < -0.3 is 0 Å². The van der Waals surface area contributed by atoms with Gasteiger partial charge in [-0.3, -0.25) is 0 Å². The lowest BCUT2D eigenvalue weighted by atomic mass is 13.8. The SMILES string of the molecule is N1=PNP=NPNP1. The molecule has 2 atom stereocenters. The monoisotopic (exact) mass is 184 g/mol. The standard InChI is InChI=1S/H4N4P4/c1-5-2-7-4-8-3-6-1/h1,5-6H,(H,2,3,4). The van der Waals surface area contributed by atoms with E-state index in [0.717, 1.165) is 17.0 Å². The average molecular weight is 184 g/mol. The fraction of sp³-hybridized carbons (Fsp3) is 0. The van der Waals surface area contributed by atoms with Gasteiger partial charge in [0.05, 0.1) is 17.8 Å². The van der Waals surface area contributed by atoms with Gasteiger partial charge in [0.15, 0.2) is 0 Å². The molecule has 1 aliphatic heterocycles. The highest BCUT2D eigenvalue weighted by molar-refractivity contribution is 7.59. The Morgan fingerprint density at radius 2 is 1.75 bits per heavy atom. The van der Waals surface area contributed by atoms with Crippen LogP contribution in [0.3, 0.4) is 0 Å². The third kappa shape index (κ3) is 3.10. The highest BCUT2D eigenvalue weighted by Crippen LogP contribution is 2.26. The number of nitrogens with zero attached hydrogens (tertiary/aromatic N) is 2. The van der Waals surface area contributed by atoms with Crippen LogP contribution in [0.4, 0.5) is 0 Å². The largest absolute Gasteiger partial charge is 0.241 e. The molecule has 1 rings (SSSR count). The molecule has 8 heteroatoms. The van der Waals surface area contributed by atoms with Crippen molar-refractivity contribution in [2.75, 3.05) is 0 Å². The molecule has 0 aromatic carbocycles. The van der Waals surface area contributed by atoms with Crippen molar-refractivity contribution in [1.82, 2.24) is 9.72 Å². The zero-order valence-electron chi connectivity index (χ0n) is 3.79. The summed E-state index contributed by atoms with van der Waals surface area (Å²) >= 11 is 0. The normalized spacial score (nSPS) is 30.0. The Labute approximate surface area is 54.3 Å². The Hall–Kier alpha value is 0.980. The predicted octanol–water partition coefficient (Wildman–Crippen LogP) is 2.29. The van der Waals surface area contributed by atoms with Crippen LogP contribution in [0.15, 0.2) is 9.03 Å². The van der Waals surface area contributed by atoms with Gasteiger partial charge in [-0.25, -0.2) is 13.9 Å². The first-order valence-electron chi connectivity index (χ1n) is 1.79. The smallest absolute Gasteiger partial charge is 0.105 e. The van der Waals surface area contributed by atoms with Gasteiger partial charge in [0.1, 0.15) is 17.0 Å². The van der Waals surface area contributed by atoms with Crippen molar-refractivity contribution in [3.8, 4) is 0 Å². The molecule has 0 radical (unpaired) electrons. The van der Waals surface area contributed by atoms with Gasteiger partial charge in [-0.1, -0.05) is 0 Å². The van der Waals surface area contributed by atoms with E-state index in [4.69, 9.17) is 0 Å². The zero-order chi connectivity index (χ0) is 5.66. The summed E-state index contributed by atoms with van der Waals surface area (Å²) in [5.41, 5.74) is 0. The van der Waals surface area contributed by atoms with E-state index >= 15 is 0 Å². The van der Waals surface area contributed by atoms with Crippen molar-refractivity contribution >= 4 is 34.8 Å². The molecule has 2 unspecified atom stereocenters. The van der Waals surface area contributed by atoms with Gasteiger partial charge in [-0.15, -0.1) is 0 Å². The Kier molecular flexibility index (Phi) is 4.27. The zero-order valence-corrected chi connectivity index (χ0v) is 7.58.